The van der Waals surface area contributed by atoms with Gasteiger partial charge in [-0.3, -0.25) is 4.79 Å². The molecule has 1 unspecified atom stereocenters. The molecule has 26 heavy (non-hydrogen) atoms. The first kappa shape index (κ1) is 19.5. The minimum Gasteiger partial charge on any atom is -0.493 e. The average molecular weight is 360 g/mol. The van der Waals surface area contributed by atoms with E-state index in [1.54, 1.807) is 32.2 Å². The predicted octanol–water partition coefficient (Wildman–Crippen LogP) is 2.39. The minimum atomic E-state index is -0.582. The van der Waals surface area contributed by atoms with Crippen LogP contribution in [0.4, 0.5) is 0 Å². The van der Waals surface area contributed by atoms with Crippen molar-refractivity contribution in [1.82, 2.24) is 10.5 Å². The van der Waals surface area contributed by atoms with Crippen molar-refractivity contribution in [1.29, 1.82) is 0 Å². The lowest BCUT2D eigenvalue weighted by Crippen LogP contribution is -2.28. The summed E-state index contributed by atoms with van der Waals surface area (Å²) in [6, 6.07) is 5.38. The maximum Gasteiger partial charge on any atom is 0.244 e. The highest BCUT2D eigenvalue weighted by Gasteiger charge is 2.12. The van der Waals surface area contributed by atoms with Crippen LogP contribution in [0, 0.1) is 13.8 Å². The Labute approximate surface area is 152 Å². The maximum atomic E-state index is 11.7. The van der Waals surface area contributed by atoms with Gasteiger partial charge in [-0.05, 0) is 44.5 Å². The van der Waals surface area contributed by atoms with E-state index < -0.39 is 6.10 Å². The summed E-state index contributed by atoms with van der Waals surface area (Å²) in [6.07, 6.45) is 2.49. The van der Waals surface area contributed by atoms with Gasteiger partial charge >= 0.3 is 0 Å². The van der Waals surface area contributed by atoms with E-state index >= 15 is 0 Å². The number of carbonyl (C=O) groups excluding carboxylic acids is 1. The summed E-state index contributed by atoms with van der Waals surface area (Å²) in [4.78, 5) is 11.7. The number of aliphatic hydroxyl groups excluding tert-OH is 1. The topological polar surface area (TPSA) is 93.8 Å². The van der Waals surface area contributed by atoms with E-state index in [1.807, 2.05) is 19.9 Å². The largest absolute Gasteiger partial charge is 0.493 e. The molecule has 0 radical (unpaired) electrons. The van der Waals surface area contributed by atoms with Gasteiger partial charge in [-0.25, -0.2) is 0 Å². The van der Waals surface area contributed by atoms with Gasteiger partial charge in [0.05, 0.1) is 24.5 Å². The number of methoxy groups -OCH3 is 1. The highest BCUT2D eigenvalue weighted by molar-refractivity contribution is 5.91. The van der Waals surface area contributed by atoms with E-state index in [4.69, 9.17) is 19.1 Å². The van der Waals surface area contributed by atoms with E-state index in [-0.39, 0.29) is 12.5 Å². The van der Waals surface area contributed by atoms with Gasteiger partial charge in [-0.15, -0.1) is 0 Å². The number of aromatic nitrogens is 1. The molecule has 0 fully saturated rings. The Balaban J connectivity index is 2.03. The number of benzene rings is 1. The predicted molar refractivity (Wildman–Crippen MR) is 97.0 cm³/mol. The van der Waals surface area contributed by atoms with E-state index in [0.717, 1.165) is 22.6 Å². The fourth-order valence-corrected chi connectivity index (χ4v) is 2.24. The summed E-state index contributed by atoms with van der Waals surface area (Å²) in [6.45, 7) is 5.85. The second-order valence-electron chi connectivity index (χ2n) is 5.93. The van der Waals surface area contributed by atoms with Crippen LogP contribution in [0.15, 0.2) is 28.8 Å². The smallest absolute Gasteiger partial charge is 0.244 e. The number of hydrogen-bond acceptors (Lipinski definition) is 6. The zero-order chi connectivity index (χ0) is 19.1. The molecule has 7 heteroatoms. The summed E-state index contributed by atoms with van der Waals surface area (Å²) in [5, 5.41) is 15.7. The fraction of sp³-hybridized carbons (Fsp3) is 0.368. The Morgan fingerprint density at radius 2 is 2.15 bits per heavy atom. The zero-order valence-corrected chi connectivity index (χ0v) is 15.4. The molecule has 1 atom stereocenters. The van der Waals surface area contributed by atoms with Crippen molar-refractivity contribution in [2.24, 2.45) is 0 Å². The lowest BCUT2D eigenvalue weighted by Gasteiger charge is -2.11. The van der Waals surface area contributed by atoms with Crippen LogP contribution >= 0.6 is 0 Å². The Morgan fingerprint density at radius 1 is 1.38 bits per heavy atom. The molecule has 0 saturated heterocycles. The maximum absolute atomic E-state index is 11.7. The van der Waals surface area contributed by atoms with Crippen LogP contribution in [0.5, 0.6) is 11.5 Å². The third-order valence-corrected chi connectivity index (χ3v) is 3.74. The van der Waals surface area contributed by atoms with E-state index in [9.17, 15) is 4.79 Å². The lowest BCUT2D eigenvalue weighted by atomic mass is 10.2. The molecule has 1 amide bonds. The summed E-state index contributed by atoms with van der Waals surface area (Å²) in [5.41, 5.74) is 2.49. The molecule has 0 aliphatic heterocycles. The average Bonchev–Trinajstić information content (AvgIpc) is 2.94. The molecule has 2 rings (SSSR count). The van der Waals surface area contributed by atoms with Crippen LogP contribution < -0.4 is 14.8 Å². The number of aryl methyl sites for hydroxylation is 2. The number of amides is 1. The summed E-state index contributed by atoms with van der Waals surface area (Å²) < 4.78 is 16.3. The van der Waals surface area contributed by atoms with Crippen molar-refractivity contribution in [3.05, 3.63) is 46.9 Å². The van der Waals surface area contributed by atoms with E-state index in [1.165, 1.54) is 6.08 Å². The molecule has 0 bridgehead atoms. The molecule has 1 aromatic heterocycles. The SMILES string of the molecule is COc1cc(/C=C/C(=O)NCC(C)O)ccc1OCc1c(C)noc1C. The van der Waals surface area contributed by atoms with Crippen molar-refractivity contribution in [3.8, 4) is 11.5 Å². The number of nitrogens with zero attached hydrogens (tertiary/aromatic N) is 1. The number of ether oxygens (including phenoxy) is 2. The Morgan fingerprint density at radius 3 is 2.77 bits per heavy atom. The second-order valence-corrected chi connectivity index (χ2v) is 5.93. The van der Waals surface area contributed by atoms with Crippen LogP contribution in [0.2, 0.25) is 0 Å². The van der Waals surface area contributed by atoms with Crippen LogP contribution in [0.1, 0.15) is 29.5 Å². The van der Waals surface area contributed by atoms with Crippen LogP contribution in [0.25, 0.3) is 6.08 Å². The van der Waals surface area contributed by atoms with Gasteiger partial charge in [0.25, 0.3) is 0 Å². The Bertz CT molecular complexity index is 761. The summed E-state index contributed by atoms with van der Waals surface area (Å²) in [5.74, 6) is 1.60. The van der Waals surface area contributed by atoms with Crippen LogP contribution in [-0.4, -0.2) is 35.9 Å². The lowest BCUT2D eigenvalue weighted by molar-refractivity contribution is -0.116. The standard InChI is InChI=1S/C19H24N2O5/c1-12(22)10-20-19(23)8-6-15-5-7-17(18(9-15)24-4)25-11-16-13(2)21-26-14(16)3/h5-9,12,22H,10-11H2,1-4H3,(H,20,23)/b8-6+. The van der Waals surface area contributed by atoms with E-state index in [0.29, 0.717) is 18.1 Å². The van der Waals surface area contributed by atoms with Crippen molar-refractivity contribution in [2.75, 3.05) is 13.7 Å². The molecule has 7 nitrogen and oxygen atoms in total. The molecule has 1 aromatic carbocycles. The molecular formula is C19H24N2O5. The van der Waals surface area contributed by atoms with Crippen molar-refractivity contribution in [3.63, 3.8) is 0 Å². The molecule has 1 heterocycles. The second kappa shape index (κ2) is 9.05. The molecule has 0 aliphatic rings. The van der Waals surface area contributed by atoms with Crippen molar-refractivity contribution in [2.45, 2.75) is 33.5 Å². The first-order valence-electron chi connectivity index (χ1n) is 8.27. The number of nitrogens with one attached hydrogen (secondary N) is 1. The van der Waals surface area contributed by atoms with Crippen LogP contribution in [0.3, 0.4) is 0 Å². The van der Waals surface area contributed by atoms with Gasteiger partial charge in [0, 0.05) is 12.6 Å². The Hall–Kier alpha value is -2.80. The monoisotopic (exact) mass is 360 g/mol. The molecule has 0 saturated carbocycles. The molecule has 0 aliphatic carbocycles. The molecule has 140 valence electrons. The van der Waals surface area contributed by atoms with Gasteiger partial charge in [0.2, 0.25) is 5.91 Å². The quantitative estimate of drug-likeness (QED) is 0.702. The van der Waals surface area contributed by atoms with Crippen molar-refractivity contribution >= 4 is 12.0 Å². The number of rotatable bonds is 8. The van der Waals surface area contributed by atoms with Crippen molar-refractivity contribution < 1.29 is 23.9 Å². The fourth-order valence-electron chi connectivity index (χ4n) is 2.24. The molecule has 2 aromatic rings. The van der Waals surface area contributed by atoms with Gasteiger partial charge in [0.1, 0.15) is 12.4 Å². The highest BCUT2D eigenvalue weighted by atomic mass is 16.5. The minimum absolute atomic E-state index is 0.209. The van der Waals surface area contributed by atoms with Gasteiger partial charge in [-0.1, -0.05) is 11.2 Å². The zero-order valence-electron chi connectivity index (χ0n) is 15.4. The number of carbonyl (C=O) groups is 1. The van der Waals surface area contributed by atoms with Gasteiger partial charge < -0.3 is 24.4 Å². The first-order valence-corrected chi connectivity index (χ1v) is 8.27. The third kappa shape index (κ3) is 5.35. The normalized spacial score (nSPS) is 12.2. The van der Waals surface area contributed by atoms with Crippen LogP contribution in [-0.2, 0) is 11.4 Å². The van der Waals surface area contributed by atoms with E-state index in [2.05, 4.69) is 10.5 Å². The summed E-state index contributed by atoms with van der Waals surface area (Å²) in [7, 11) is 1.56. The Kier molecular flexibility index (Phi) is 6.80. The third-order valence-electron chi connectivity index (χ3n) is 3.74. The van der Waals surface area contributed by atoms with Gasteiger partial charge in [-0.2, -0.15) is 0 Å². The molecule has 0 spiro atoms. The molecular weight excluding hydrogens is 336 g/mol. The molecule has 2 N–H and O–H groups in total. The van der Waals surface area contributed by atoms with Gasteiger partial charge in [0.15, 0.2) is 11.5 Å². The summed E-state index contributed by atoms with van der Waals surface area (Å²) >= 11 is 0. The number of hydrogen-bond donors (Lipinski definition) is 2. The highest BCUT2D eigenvalue weighted by Crippen LogP contribution is 2.30. The number of aliphatic hydroxyl groups is 1. The first-order chi connectivity index (χ1) is 12.4.